The second-order valence-corrected chi connectivity index (χ2v) is 7.04. The van der Waals surface area contributed by atoms with Gasteiger partial charge in [-0.3, -0.25) is 0 Å². The van der Waals surface area contributed by atoms with Gasteiger partial charge in [-0.1, -0.05) is 0 Å². The number of quaternary nitrogens is 1. The Bertz CT molecular complexity index is 755. The van der Waals surface area contributed by atoms with Crippen LogP contribution in [0, 0.1) is 0 Å². The van der Waals surface area contributed by atoms with Crippen LogP contribution in [0.1, 0.15) is 5.56 Å². The number of hydrogen-bond donors (Lipinski definition) is 2. The molecule has 27 heavy (non-hydrogen) atoms. The molecule has 0 amide bonds. The Hall–Kier alpha value is -2.10. The predicted molar refractivity (Wildman–Crippen MR) is 92.9 cm³/mol. The number of fused-ring (bicyclic) bond motifs is 1. The highest BCUT2D eigenvalue weighted by Crippen LogP contribution is 2.37. The van der Waals surface area contributed by atoms with Crippen LogP contribution in [0.5, 0.6) is 17.2 Å². The molecule has 0 saturated heterocycles. The molecule has 2 aromatic rings. The molecule has 9 heteroatoms. The molecule has 1 atom stereocenters. The van der Waals surface area contributed by atoms with Gasteiger partial charge in [0.15, 0.2) is 11.5 Å². The van der Waals surface area contributed by atoms with Gasteiger partial charge >= 0.3 is 5.51 Å². The van der Waals surface area contributed by atoms with E-state index in [4.69, 9.17) is 14.2 Å². The minimum Gasteiger partial charge on any atom is -0.491 e. The van der Waals surface area contributed by atoms with E-state index in [1.54, 1.807) is 0 Å². The second kappa shape index (κ2) is 8.73. The van der Waals surface area contributed by atoms with Gasteiger partial charge < -0.3 is 24.6 Å². The lowest BCUT2D eigenvalue weighted by Crippen LogP contribution is -2.85. The molecule has 0 spiro atoms. The first kappa shape index (κ1) is 19.7. The zero-order chi connectivity index (χ0) is 19.3. The number of hydrogen-bond acceptors (Lipinski definition) is 5. The lowest BCUT2D eigenvalue weighted by atomic mass is 10.2. The molecule has 2 aromatic carbocycles. The van der Waals surface area contributed by atoms with Crippen LogP contribution >= 0.6 is 11.8 Å². The number of ether oxygens (including phenoxy) is 3. The van der Waals surface area contributed by atoms with E-state index in [0.717, 1.165) is 17.1 Å². The van der Waals surface area contributed by atoms with Crippen molar-refractivity contribution in [3.05, 3.63) is 48.0 Å². The molecule has 146 valence electrons. The van der Waals surface area contributed by atoms with E-state index in [1.807, 2.05) is 23.5 Å². The molecule has 0 bridgehead atoms. The molecule has 0 unspecified atom stereocenters. The highest BCUT2D eigenvalue weighted by Gasteiger charge is 2.29. The summed E-state index contributed by atoms with van der Waals surface area (Å²) in [5.41, 5.74) is -3.27. The summed E-state index contributed by atoms with van der Waals surface area (Å²) in [6, 6.07) is 11.3. The van der Waals surface area contributed by atoms with Crippen molar-refractivity contribution in [1.29, 1.82) is 0 Å². The largest absolute Gasteiger partial charge is 0.491 e. The standard InChI is InChI=1S/C18H18F3NO4S/c19-18(20,21)27-15-4-2-14(3-5-15)24-10-13(23)9-22-8-12-1-6-16-17(7-12)26-11-25-16/h1-7,13,22-23H,8-11H2/p+1/t13-/m0/s1. The van der Waals surface area contributed by atoms with E-state index in [9.17, 15) is 18.3 Å². The highest BCUT2D eigenvalue weighted by molar-refractivity contribution is 8.00. The SMILES string of the molecule is O[C@@H](C[NH2+]Cc1ccc2c(c1)OCO2)COc1ccc(SC(F)(F)F)cc1. The van der Waals surface area contributed by atoms with Crippen molar-refractivity contribution in [1.82, 2.24) is 0 Å². The van der Waals surface area contributed by atoms with Crippen LogP contribution in [-0.4, -0.2) is 36.7 Å². The Morgan fingerprint density at radius 1 is 1.11 bits per heavy atom. The van der Waals surface area contributed by atoms with E-state index in [1.165, 1.54) is 24.3 Å². The van der Waals surface area contributed by atoms with Crippen molar-refractivity contribution >= 4 is 11.8 Å². The summed E-state index contributed by atoms with van der Waals surface area (Å²) in [5, 5.41) is 11.9. The van der Waals surface area contributed by atoms with Gasteiger partial charge in [-0.25, -0.2) is 0 Å². The van der Waals surface area contributed by atoms with Gasteiger partial charge in [-0.05, 0) is 54.2 Å². The molecular formula is C18H19F3NO4S+. The Balaban J connectivity index is 1.37. The van der Waals surface area contributed by atoms with Crippen molar-refractivity contribution in [2.24, 2.45) is 0 Å². The summed E-state index contributed by atoms with van der Waals surface area (Å²) in [5.74, 6) is 1.86. The Kier molecular flexibility index (Phi) is 6.35. The van der Waals surface area contributed by atoms with Crippen molar-refractivity contribution < 1.29 is 37.8 Å². The quantitative estimate of drug-likeness (QED) is 0.665. The van der Waals surface area contributed by atoms with E-state index in [-0.39, 0.29) is 30.1 Å². The van der Waals surface area contributed by atoms with Gasteiger partial charge in [0.05, 0.1) is 0 Å². The smallest absolute Gasteiger partial charge is 0.446 e. The van der Waals surface area contributed by atoms with Gasteiger partial charge in [-0.2, -0.15) is 13.2 Å². The molecule has 0 aliphatic carbocycles. The predicted octanol–water partition coefficient (Wildman–Crippen LogP) is 2.53. The van der Waals surface area contributed by atoms with Crippen LogP contribution in [0.25, 0.3) is 0 Å². The third-order valence-corrected chi connectivity index (χ3v) is 4.49. The van der Waals surface area contributed by atoms with Crippen LogP contribution in [0.15, 0.2) is 47.4 Å². The van der Waals surface area contributed by atoms with Gasteiger partial charge in [0.25, 0.3) is 0 Å². The van der Waals surface area contributed by atoms with E-state index in [2.05, 4.69) is 0 Å². The molecule has 3 N–H and O–H groups in total. The molecule has 0 aromatic heterocycles. The van der Waals surface area contributed by atoms with Gasteiger partial charge in [0.1, 0.15) is 31.5 Å². The van der Waals surface area contributed by atoms with Crippen LogP contribution in [0.3, 0.4) is 0 Å². The topological polar surface area (TPSA) is 64.5 Å². The number of rotatable bonds is 8. The summed E-state index contributed by atoms with van der Waals surface area (Å²) < 4.78 is 52.8. The van der Waals surface area contributed by atoms with E-state index >= 15 is 0 Å². The minimum absolute atomic E-state index is 0.0589. The zero-order valence-corrected chi connectivity index (χ0v) is 15.1. The number of alkyl halides is 3. The molecule has 0 saturated carbocycles. The maximum Gasteiger partial charge on any atom is 0.446 e. The average molecular weight is 402 g/mol. The van der Waals surface area contributed by atoms with Gasteiger partial charge in [-0.15, -0.1) is 0 Å². The summed E-state index contributed by atoms with van der Waals surface area (Å²) in [6.07, 6.45) is -0.705. The Morgan fingerprint density at radius 2 is 1.85 bits per heavy atom. The monoisotopic (exact) mass is 402 g/mol. The van der Waals surface area contributed by atoms with E-state index in [0.29, 0.717) is 18.8 Å². The third-order valence-electron chi connectivity index (χ3n) is 3.76. The minimum atomic E-state index is -4.31. The van der Waals surface area contributed by atoms with E-state index < -0.39 is 11.6 Å². The molecule has 1 heterocycles. The lowest BCUT2D eigenvalue weighted by molar-refractivity contribution is -0.676. The zero-order valence-electron chi connectivity index (χ0n) is 14.2. The maximum atomic E-state index is 12.3. The van der Waals surface area contributed by atoms with Crippen LogP contribution in [0.4, 0.5) is 13.2 Å². The molecule has 1 aliphatic rings. The highest BCUT2D eigenvalue weighted by atomic mass is 32.2. The molecule has 0 radical (unpaired) electrons. The van der Waals surface area contributed by atoms with Crippen molar-refractivity contribution in [2.75, 3.05) is 19.9 Å². The fourth-order valence-electron chi connectivity index (χ4n) is 2.51. The summed E-state index contributed by atoms with van der Waals surface area (Å²) in [7, 11) is 0. The van der Waals surface area contributed by atoms with Gasteiger partial charge in [0.2, 0.25) is 6.79 Å². The number of aliphatic hydroxyl groups is 1. The van der Waals surface area contributed by atoms with Crippen molar-refractivity contribution in [3.63, 3.8) is 0 Å². The molecule has 5 nitrogen and oxygen atoms in total. The average Bonchev–Trinajstić information content (AvgIpc) is 3.07. The number of aliphatic hydroxyl groups excluding tert-OH is 1. The molecular weight excluding hydrogens is 383 g/mol. The van der Waals surface area contributed by atoms with Gasteiger partial charge in [0, 0.05) is 10.5 Å². The van der Waals surface area contributed by atoms with Crippen molar-refractivity contribution in [3.8, 4) is 17.2 Å². The lowest BCUT2D eigenvalue weighted by Gasteiger charge is -2.12. The fraction of sp³-hybridized carbons (Fsp3) is 0.333. The number of halogens is 3. The van der Waals surface area contributed by atoms with Crippen LogP contribution in [0.2, 0.25) is 0 Å². The summed E-state index contributed by atoms with van der Waals surface area (Å²) in [4.78, 5) is 0.0902. The first-order valence-electron chi connectivity index (χ1n) is 8.26. The maximum absolute atomic E-state index is 12.3. The fourth-order valence-corrected chi connectivity index (χ4v) is 3.05. The first-order chi connectivity index (χ1) is 12.9. The first-order valence-corrected chi connectivity index (χ1v) is 9.07. The third kappa shape index (κ3) is 6.23. The second-order valence-electron chi connectivity index (χ2n) is 5.90. The normalized spacial score (nSPS) is 14.2. The number of thioether (sulfide) groups is 1. The van der Waals surface area contributed by atoms with Crippen LogP contribution in [-0.2, 0) is 6.54 Å². The Labute approximate surface area is 158 Å². The summed E-state index contributed by atoms with van der Waals surface area (Å²) in [6.45, 7) is 1.38. The number of nitrogens with two attached hydrogens (primary N) is 1. The molecule has 0 fully saturated rings. The molecule has 3 rings (SSSR count). The number of benzene rings is 2. The molecule has 1 aliphatic heterocycles. The summed E-state index contributed by atoms with van der Waals surface area (Å²) >= 11 is -0.177. The van der Waals surface area contributed by atoms with Crippen molar-refractivity contribution in [2.45, 2.75) is 23.1 Å². The Morgan fingerprint density at radius 3 is 2.59 bits per heavy atom. The van der Waals surface area contributed by atoms with Crippen LogP contribution < -0.4 is 19.5 Å².